The maximum Gasteiger partial charge on any atom is 0.178 e. The molecule has 196 valence electrons. The quantitative estimate of drug-likeness (QED) is 0.0918. The molecule has 0 aromatic rings. The smallest absolute Gasteiger partial charge is 0.178 e. The Kier molecular flexibility index (Phi) is 11.3. The van der Waals surface area contributed by atoms with Gasteiger partial charge in [-0.05, 0) is 0 Å². The first-order valence-electron chi connectivity index (χ1n) is 11.1. The Morgan fingerprint density at radius 3 is 2.06 bits per heavy atom. The van der Waals surface area contributed by atoms with Crippen molar-refractivity contribution in [1.29, 1.82) is 0 Å². The van der Waals surface area contributed by atoms with E-state index in [1.807, 2.05) is 0 Å². The summed E-state index contributed by atoms with van der Waals surface area (Å²) in [5.41, 5.74) is 8.78. The summed E-state index contributed by atoms with van der Waals surface area (Å²) in [4.78, 5) is 5.57. The van der Waals surface area contributed by atoms with Gasteiger partial charge in [0.1, 0.15) is 42.7 Å². The fourth-order valence-electron chi connectivity index (χ4n) is 3.99. The summed E-state index contributed by atoms with van der Waals surface area (Å²) >= 11 is 0. The minimum atomic E-state index is -1.26. The molecule has 2 heterocycles. The van der Waals surface area contributed by atoms with Crippen LogP contribution < -0.4 is 11.2 Å². The van der Waals surface area contributed by atoms with Crippen LogP contribution in [0.1, 0.15) is 6.42 Å². The number of hydrogen-bond donors (Lipinski definition) is 6. The van der Waals surface area contributed by atoms with E-state index in [1.54, 1.807) is 0 Å². The van der Waals surface area contributed by atoms with Gasteiger partial charge >= 0.3 is 0 Å². The Labute approximate surface area is 194 Å². The molecule has 2 saturated heterocycles. The van der Waals surface area contributed by atoms with Gasteiger partial charge in [0.25, 0.3) is 0 Å². The molecule has 13 heteroatoms. The number of ether oxygens (including phenoxy) is 5. The van der Waals surface area contributed by atoms with E-state index in [1.165, 1.54) is 14.2 Å². The van der Waals surface area contributed by atoms with E-state index >= 15 is 0 Å². The summed E-state index contributed by atoms with van der Waals surface area (Å²) in [6, 6.07) is -1.89. The van der Waals surface area contributed by atoms with Gasteiger partial charge in [0, 0.05) is 20.6 Å². The normalized spacial score (nSPS) is 40.2. The molecule has 0 radical (unpaired) electrons. The molecule has 0 saturated carbocycles. The van der Waals surface area contributed by atoms with Crippen LogP contribution in [0.5, 0.6) is 0 Å². The summed E-state index contributed by atoms with van der Waals surface area (Å²) < 4.78 is 28.6. The number of nitrogens with zero attached hydrogens (tertiary/aromatic N) is 1. The molecule has 0 amide bonds. The van der Waals surface area contributed by atoms with Crippen molar-refractivity contribution in [1.82, 2.24) is 5.48 Å². The number of aliphatic hydroxyl groups is 4. The highest BCUT2D eigenvalue weighted by atomic mass is 16.7. The van der Waals surface area contributed by atoms with Crippen LogP contribution >= 0.6 is 0 Å². The van der Waals surface area contributed by atoms with Gasteiger partial charge in [-0.15, -0.1) is 0 Å². The summed E-state index contributed by atoms with van der Waals surface area (Å²) in [6.45, 7) is 0.320. The van der Waals surface area contributed by atoms with Crippen LogP contribution in [0.4, 0.5) is 0 Å². The molecule has 7 N–H and O–H groups in total. The molecule has 2 rings (SSSR count). The molecule has 0 bridgehead atoms. The van der Waals surface area contributed by atoms with Crippen LogP contribution in [0, 0.1) is 0 Å². The highest BCUT2D eigenvalue weighted by Gasteiger charge is 2.51. The third-order valence-electron chi connectivity index (χ3n) is 5.84. The second kappa shape index (κ2) is 13.0. The predicted molar refractivity (Wildman–Crippen MR) is 115 cm³/mol. The lowest BCUT2D eigenvalue weighted by atomic mass is 9.95. The van der Waals surface area contributed by atoms with E-state index in [0.717, 1.165) is 17.4 Å². The summed E-state index contributed by atoms with van der Waals surface area (Å²) in [5.74, 6) is 0. The van der Waals surface area contributed by atoms with E-state index in [0.29, 0.717) is 6.61 Å². The van der Waals surface area contributed by atoms with Gasteiger partial charge in [0.15, 0.2) is 12.6 Å². The second-order valence-electron chi connectivity index (χ2n) is 9.41. The van der Waals surface area contributed by atoms with E-state index in [-0.39, 0.29) is 0 Å². The molecule has 0 aromatic heterocycles. The van der Waals surface area contributed by atoms with Gasteiger partial charge in [0.05, 0.1) is 53.6 Å². The van der Waals surface area contributed by atoms with Crippen molar-refractivity contribution in [2.75, 3.05) is 61.7 Å². The van der Waals surface area contributed by atoms with Gasteiger partial charge in [-0.1, -0.05) is 0 Å². The second-order valence-corrected chi connectivity index (χ2v) is 9.41. The lowest BCUT2D eigenvalue weighted by Crippen LogP contribution is -2.68. The number of rotatable bonds is 12. The van der Waals surface area contributed by atoms with Crippen LogP contribution in [-0.2, 0) is 28.5 Å². The van der Waals surface area contributed by atoms with Gasteiger partial charge in [0.2, 0.25) is 0 Å². The maximum atomic E-state index is 10.9. The van der Waals surface area contributed by atoms with E-state index in [4.69, 9.17) is 34.3 Å². The zero-order valence-corrected chi connectivity index (χ0v) is 20.1. The van der Waals surface area contributed by atoms with Crippen molar-refractivity contribution >= 4 is 0 Å². The number of nitrogens with two attached hydrogens (primary N) is 1. The van der Waals surface area contributed by atoms with Crippen molar-refractivity contribution in [2.24, 2.45) is 5.73 Å². The zero-order chi connectivity index (χ0) is 24.8. The lowest BCUT2D eigenvalue weighted by molar-refractivity contribution is -0.870. The Morgan fingerprint density at radius 1 is 0.909 bits per heavy atom. The largest absolute Gasteiger partial charge is 0.394 e. The third-order valence-corrected chi connectivity index (χ3v) is 5.84. The lowest BCUT2D eigenvalue weighted by Gasteiger charge is -2.47. The van der Waals surface area contributed by atoms with Crippen molar-refractivity contribution < 1.29 is 53.4 Å². The molecule has 10 unspecified atom stereocenters. The first kappa shape index (κ1) is 28.7. The Bertz CT molecular complexity index is 567. The van der Waals surface area contributed by atoms with Crippen LogP contribution in [0.3, 0.4) is 0 Å². The number of quaternary nitrogens is 1. The molecule has 0 spiro atoms. The minimum Gasteiger partial charge on any atom is -0.394 e. The molecule has 2 aliphatic rings. The molecule has 0 aromatic carbocycles. The molecular weight excluding hydrogens is 442 g/mol. The van der Waals surface area contributed by atoms with E-state index in [2.05, 4.69) is 26.6 Å². The summed E-state index contributed by atoms with van der Waals surface area (Å²) in [7, 11) is 8.98. The molecule has 2 aliphatic heterocycles. The number of aliphatic hydroxyl groups excluding tert-OH is 4. The Hall–Kier alpha value is -0.520. The highest BCUT2D eigenvalue weighted by molar-refractivity contribution is 4.97. The number of hydrogen-bond acceptors (Lipinski definition) is 12. The fourth-order valence-corrected chi connectivity index (χ4v) is 3.99. The SMILES string of the molecule is COC1OC(CO)C(OC2OC(CO)C(OC)C(O)C2NOCCC[N+](C)(C)C)C(O)C1N. The van der Waals surface area contributed by atoms with E-state index < -0.39 is 74.5 Å². The zero-order valence-electron chi connectivity index (χ0n) is 20.1. The van der Waals surface area contributed by atoms with Crippen LogP contribution in [0.2, 0.25) is 0 Å². The average Bonchev–Trinajstić information content (AvgIpc) is 2.77. The summed E-state index contributed by atoms with van der Waals surface area (Å²) in [6.07, 6.45) is -7.64. The van der Waals surface area contributed by atoms with Crippen molar-refractivity contribution in [3.63, 3.8) is 0 Å². The Balaban J connectivity index is 2.13. The number of nitrogens with one attached hydrogen (secondary N) is 1. The number of hydroxylamine groups is 1. The molecular formula is C20H42N3O10+. The van der Waals surface area contributed by atoms with Crippen molar-refractivity contribution in [3.05, 3.63) is 0 Å². The average molecular weight is 485 g/mol. The molecule has 2 fully saturated rings. The highest BCUT2D eigenvalue weighted by Crippen LogP contribution is 2.29. The molecule has 33 heavy (non-hydrogen) atoms. The first-order valence-corrected chi connectivity index (χ1v) is 11.1. The third kappa shape index (κ3) is 7.48. The first-order chi connectivity index (χ1) is 15.6. The monoisotopic (exact) mass is 484 g/mol. The number of methoxy groups -OCH3 is 2. The maximum absolute atomic E-state index is 10.9. The van der Waals surface area contributed by atoms with Gasteiger partial charge in [-0.25, -0.2) is 0 Å². The Morgan fingerprint density at radius 2 is 1.52 bits per heavy atom. The predicted octanol–water partition coefficient (Wildman–Crippen LogP) is -3.50. The van der Waals surface area contributed by atoms with Gasteiger partial charge in [-0.3, -0.25) is 0 Å². The molecule has 13 nitrogen and oxygen atoms in total. The van der Waals surface area contributed by atoms with E-state index in [9.17, 15) is 20.4 Å². The van der Waals surface area contributed by atoms with Gasteiger partial charge in [-0.2, -0.15) is 5.48 Å². The fraction of sp³-hybridized carbons (Fsp3) is 1.00. The van der Waals surface area contributed by atoms with Crippen LogP contribution in [0.15, 0.2) is 0 Å². The minimum absolute atomic E-state index is 0.362. The molecule has 10 atom stereocenters. The topological polar surface area (TPSA) is 174 Å². The van der Waals surface area contributed by atoms with Crippen molar-refractivity contribution in [2.45, 2.75) is 67.7 Å². The van der Waals surface area contributed by atoms with Gasteiger partial charge < -0.3 is 59.2 Å². The van der Waals surface area contributed by atoms with Crippen molar-refractivity contribution in [3.8, 4) is 0 Å². The summed E-state index contributed by atoms with van der Waals surface area (Å²) in [5, 5.41) is 41.1. The standard InChI is InChI=1S/C20H42N3O10/c1-23(2,3)7-6-8-30-22-14-16(27)17(28-4)11(9-24)32-20(14)33-18-12(10-25)31-19(29-5)13(21)15(18)26/h11-20,22,24-27H,6-10,21H2,1-5H3/q+1. The van der Waals surface area contributed by atoms with Crippen LogP contribution in [-0.4, -0.2) is 148 Å². The molecule has 0 aliphatic carbocycles. The van der Waals surface area contributed by atoms with Crippen LogP contribution in [0.25, 0.3) is 0 Å².